The van der Waals surface area contributed by atoms with Gasteiger partial charge in [-0.3, -0.25) is 9.59 Å². The number of hydrogen-bond donors (Lipinski definition) is 4. The molecule has 1 saturated heterocycles. The van der Waals surface area contributed by atoms with Crippen LogP contribution in [0.15, 0.2) is 5.10 Å². The highest BCUT2D eigenvalue weighted by Gasteiger charge is 2.38. The highest BCUT2D eigenvalue weighted by molar-refractivity contribution is 5.80. The fraction of sp³-hybridized carbons (Fsp3) is 0.857. The molecule has 6 N–H and O–H groups in total. The van der Waals surface area contributed by atoms with Crippen molar-refractivity contribution >= 4 is 17.8 Å². The van der Waals surface area contributed by atoms with Gasteiger partial charge in [0, 0.05) is 12.8 Å². The third-order valence-electron chi connectivity index (χ3n) is 6.09. The molecule has 1 saturated carbocycles. The Morgan fingerprint density at radius 3 is 2.57 bits per heavy atom. The molecule has 0 spiro atoms. The first kappa shape index (κ1) is 24.4. The summed E-state index contributed by atoms with van der Waals surface area (Å²) in [5, 5.41) is 7.17. The standard InChI is InChI=1S/C21H39N5O4/c1-21(2,3)20(28)30-10-4-9-29-19(27)17-12-16-11-14(5-7-15(16)13-24-17)6-8-18(22)25-26-23/h14-17,24,26H,4-13,23H2,1-3H3,(H2,22,25). The van der Waals surface area contributed by atoms with E-state index in [-0.39, 0.29) is 31.2 Å². The van der Waals surface area contributed by atoms with Crippen molar-refractivity contribution in [2.24, 2.45) is 39.8 Å². The van der Waals surface area contributed by atoms with Crippen LogP contribution >= 0.6 is 0 Å². The van der Waals surface area contributed by atoms with Gasteiger partial charge in [-0.05, 0) is 70.8 Å². The van der Waals surface area contributed by atoms with E-state index in [4.69, 9.17) is 21.1 Å². The van der Waals surface area contributed by atoms with E-state index in [1.54, 1.807) is 0 Å². The van der Waals surface area contributed by atoms with E-state index in [0.29, 0.717) is 30.0 Å². The first-order valence-electron chi connectivity index (χ1n) is 11.1. The lowest BCUT2D eigenvalue weighted by Crippen LogP contribution is -2.50. The molecule has 30 heavy (non-hydrogen) atoms. The van der Waals surface area contributed by atoms with Gasteiger partial charge in [-0.2, -0.15) is 5.10 Å². The average molecular weight is 426 g/mol. The van der Waals surface area contributed by atoms with Crippen LogP contribution in [0.5, 0.6) is 0 Å². The molecule has 1 aliphatic carbocycles. The Labute approximate surface area is 179 Å². The largest absolute Gasteiger partial charge is 0.465 e. The predicted molar refractivity (Wildman–Crippen MR) is 115 cm³/mol. The highest BCUT2D eigenvalue weighted by atomic mass is 16.5. The number of amidine groups is 1. The van der Waals surface area contributed by atoms with Crippen LogP contribution in [0.2, 0.25) is 0 Å². The van der Waals surface area contributed by atoms with Crippen molar-refractivity contribution in [2.45, 2.75) is 71.8 Å². The molecule has 2 fully saturated rings. The van der Waals surface area contributed by atoms with Gasteiger partial charge in [-0.15, -0.1) is 0 Å². The van der Waals surface area contributed by atoms with Gasteiger partial charge >= 0.3 is 11.9 Å². The predicted octanol–water partition coefficient (Wildman–Crippen LogP) is 1.42. The summed E-state index contributed by atoms with van der Waals surface area (Å²) in [6.45, 7) is 6.83. The fourth-order valence-electron chi connectivity index (χ4n) is 4.31. The molecule has 1 aliphatic heterocycles. The maximum absolute atomic E-state index is 12.5. The average Bonchev–Trinajstić information content (AvgIpc) is 2.70. The Hall–Kier alpha value is -1.87. The van der Waals surface area contributed by atoms with Crippen molar-refractivity contribution in [2.75, 3.05) is 19.8 Å². The van der Waals surface area contributed by atoms with Gasteiger partial charge in [-0.25, -0.2) is 11.4 Å². The Morgan fingerprint density at radius 1 is 1.13 bits per heavy atom. The Morgan fingerprint density at radius 2 is 1.87 bits per heavy atom. The Balaban J connectivity index is 1.68. The minimum absolute atomic E-state index is 0.205. The van der Waals surface area contributed by atoms with Crippen molar-refractivity contribution in [1.82, 2.24) is 10.9 Å². The van der Waals surface area contributed by atoms with Gasteiger partial charge in [0.1, 0.15) is 11.9 Å². The van der Waals surface area contributed by atoms with E-state index >= 15 is 0 Å². The number of esters is 2. The normalized spacial score (nSPS) is 27.1. The molecule has 9 nitrogen and oxygen atoms in total. The quantitative estimate of drug-likeness (QED) is 0.109. The van der Waals surface area contributed by atoms with E-state index in [1.807, 2.05) is 20.8 Å². The summed E-state index contributed by atoms with van der Waals surface area (Å²) in [7, 11) is 0. The molecule has 0 aromatic rings. The van der Waals surface area contributed by atoms with Crippen molar-refractivity contribution in [3.8, 4) is 0 Å². The summed E-state index contributed by atoms with van der Waals surface area (Å²) < 4.78 is 10.6. The SMILES string of the molecule is CC(C)(C)C(=O)OCCCOC(=O)C1CC2CC(CC/C(N)=N/NN)CCC2CN1. The van der Waals surface area contributed by atoms with Crippen molar-refractivity contribution in [3.05, 3.63) is 0 Å². The minimum atomic E-state index is -0.517. The topological polar surface area (TPSA) is 141 Å². The summed E-state index contributed by atoms with van der Waals surface area (Å²) in [6, 6.07) is -0.254. The lowest BCUT2D eigenvalue weighted by atomic mass is 9.69. The number of nitrogens with two attached hydrogens (primary N) is 2. The first-order chi connectivity index (χ1) is 14.2. The third-order valence-corrected chi connectivity index (χ3v) is 6.09. The number of hydrazone groups is 1. The molecule has 1 heterocycles. The van der Waals surface area contributed by atoms with Gasteiger partial charge in [0.25, 0.3) is 0 Å². The summed E-state index contributed by atoms with van der Waals surface area (Å²) in [5.74, 6) is 6.99. The van der Waals surface area contributed by atoms with Gasteiger partial charge in [0.05, 0.1) is 18.6 Å². The number of hydrogen-bond acceptors (Lipinski definition) is 8. The number of carbonyl (C=O) groups is 2. The number of nitrogens with zero attached hydrogens (tertiary/aromatic N) is 1. The first-order valence-corrected chi connectivity index (χ1v) is 11.1. The second kappa shape index (κ2) is 11.5. The van der Waals surface area contributed by atoms with Gasteiger partial charge in [-0.1, -0.05) is 6.42 Å². The summed E-state index contributed by atoms with van der Waals surface area (Å²) in [4.78, 5) is 24.2. The number of fused-ring (bicyclic) bond motifs is 1. The molecule has 4 atom stereocenters. The number of ether oxygens (including phenoxy) is 2. The molecule has 4 unspecified atom stereocenters. The van der Waals surface area contributed by atoms with Gasteiger partial charge in [0.15, 0.2) is 0 Å². The highest BCUT2D eigenvalue weighted by Crippen LogP contribution is 2.40. The number of piperidine rings is 1. The van der Waals surface area contributed by atoms with Gasteiger partial charge < -0.3 is 20.5 Å². The molecule has 0 aromatic carbocycles. The van der Waals surface area contributed by atoms with E-state index in [2.05, 4.69) is 16.0 Å². The van der Waals surface area contributed by atoms with E-state index in [9.17, 15) is 9.59 Å². The van der Waals surface area contributed by atoms with Crippen LogP contribution in [0.3, 0.4) is 0 Å². The zero-order chi connectivity index (χ0) is 22.1. The molecular weight excluding hydrogens is 386 g/mol. The van der Waals surface area contributed by atoms with Crippen LogP contribution in [-0.4, -0.2) is 43.6 Å². The molecule has 2 rings (SSSR count). The molecule has 172 valence electrons. The number of rotatable bonds is 9. The number of hydrazine groups is 1. The van der Waals surface area contributed by atoms with Crippen LogP contribution in [0.1, 0.15) is 65.7 Å². The maximum atomic E-state index is 12.5. The van der Waals surface area contributed by atoms with E-state index < -0.39 is 5.41 Å². The van der Waals surface area contributed by atoms with E-state index in [1.165, 1.54) is 12.8 Å². The maximum Gasteiger partial charge on any atom is 0.323 e. The summed E-state index contributed by atoms with van der Waals surface area (Å²) in [6.07, 6.45) is 6.53. The second-order valence-electron chi connectivity index (χ2n) is 9.57. The zero-order valence-corrected chi connectivity index (χ0v) is 18.6. The Bertz CT molecular complexity index is 605. The van der Waals surface area contributed by atoms with Crippen LogP contribution in [0.4, 0.5) is 0 Å². The van der Waals surface area contributed by atoms with E-state index in [0.717, 1.165) is 32.2 Å². The zero-order valence-electron chi connectivity index (χ0n) is 18.6. The lowest BCUT2D eigenvalue weighted by Gasteiger charge is -2.42. The van der Waals surface area contributed by atoms with Crippen LogP contribution in [0, 0.1) is 23.2 Å². The molecule has 0 radical (unpaired) electrons. The van der Waals surface area contributed by atoms with Crippen molar-refractivity contribution in [1.29, 1.82) is 0 Å². The number of carbonyl (C=O) groups excluding carboxylic acids is 2. The molecule has 0 bridgehead atoms. The fourth-order valence-corrected chi connectivity index (χ4v) is 4.31. The van der Waals surface area contributed by atoms with Gasteiger partial charge in [0.2, 0.25) is 0 Å². The molecule has 0 aromatic heterocycles. The smallest absolute Gasteiger partial charge is 0.323 e. The minimum Gasteiger partial charge on any atom is -0.465 e. The molecule has 9 heteroatoms. The van der Waals surface area contributed by atoms with Crippen LogP contribution in [0.25, 0.3) is 0 Å². The number of nitrogens with one attached hydrogen (secondary N) is 2. The monoisotopic (exact) mass is 425 g/mol. The molecular formula is C21H39N5O4. The molecule has 0 amide bonds. The van der Waals surface area contributed by atoms with Crippen LogP contribution in [-0.2, 0) is 19.1 Å². The summed E-state index contributed by atoms with van der Waals surface area (Å²) in [5.41, 5.74) is 7.53. The van der Waals surface area contributed by atoms with Crippen LogP contribution < -0.4 is 22.4 Å². The molecule has 2 aliphatic rings. The second-order valence-corrected chi connectivity index (χ2v) is 9.57. The lowest BCUT2D eigenvalue weighted by molar-refractivity contribution is -0.154. The Kier molecular flexibility index (Phi) is 9.36. The third kappa shape index (κ3) is 7.75. The summed E-state index contributed by atoms with van der Waals surface area (Å²) >= 11 is 0. The van der Waals surface area contributed by atoms with Crippen molar-refractivity contribution < 1.29 is 19.1 Å². The van der Waals surface area contributed by atoms with Crippen molar-refractivity contribution in [3.63, 3.8) is 0 Å².